The van der Waals surface area contributed by atoms with Gasteiger partial charge in [-0.2, -0.15) is 5.10 Å². The molecule has 2 aromatic rings. The molecule has 0 aliphatic heterocycles. The molecule has 0 atom stereocenters. The van der Waals surface area contributed by atoms with Gasteiger partial charge in [0.2, 0.25) is 0 Å². The number of aromatic nitrogens is 4. The first-order valence-electron chi connectivity index (χ1n) is 7.90. The van der Waals surface area contributed by atoms with Crippen LogP contribution in [0.4, 0.5) is 0 Å². The molecule has 0 spiro atoms. The number of methoxy groups -OCH3 is 1. The molecular weight excluding hydrogens is 346 g/mol. The van der Waals surface area contributed by atoms with Crippen molar-refractivity contribution < 1.29 is 13.2 Å². The molecule has 1 aliphatic rings. The maximum absolute atomic E-state index is 12.4. The predicted octanol–water partition coefficient (Wildman–Crippen LogP) is 0.183. The summed E-state index contributed by atoms with van der Waals surface area (Å²) in [5, 5.41) is 4.21. The molecule has 0 unspecified atom stereocenters. The lowest BCUT2D eigenvalue weighted by Gasteiger charge is -2.35. The normalized spacial score (nSPS) is 20.4. The monoisotopic (exact) mass is 367 g/mol. The number of hydrogen-bond donors (Lipinski definition) is 2. The van der Waals surface area contributed by atoms with Gasteiger partial charge in [-0.15, -0.1) is 0 Å². The number of hydrogen-bond acceptors (Lipinski definition) is 6. The van der Waals surface area contributed by atoms with E-state index in [-0.39, 0.29) is 29.2 Å². The standard InChI is InChI=1S/C15H21N5O4S/c1-9-4-15(20(2)18-9)25(22,23)19-11-5-10(6-11)12-7-14(21)17-13(16-12)8-24-3/h4,7,10-11,19H,5-6,8H2,1-3H3,(H,16,17,21). The van der Waals surface area contributed by atoms with Crippen molar-refractivity contribution in [3.8, 4) is 0 Å². The first kappa shape index (κ1) is 17.8. The smallest absolute Gasteiger partial charge is 0.257 e. The quantitative estimate of drug-likeness (QED) is 0.752. The summed E-state index contributed by atoms with van der Waals surface area (Å²) in [4.78, 5) is 18.7. The van der Waals surface area contributed by atoms with Crippen molar-refractivity contribution >= 4 is 10.0 Å². The summed E-state index contributed by atoms with van der Waals surface area (Å²) in [7, 11) is -0.490. The SMILES string of the molecule is COCc1nc(C2CC(NS(=O)(=O)c3cc(C)nn3C)C2)cc(=O)[nH]1. The van der Waals surface area contributed by atoms with E-state index in [1.807, 2.05) is 0 Å². The van der Waals surface area contributed by atoms with Gasteiger partial charge >= 0.3 is 0 Å². The van der Waals surface area contributed by atoms with E-state index in [1.165, 1.54) is 23.9 Å². The molecule has 10 heteroatoms. The molecule has 0 saturated heterocycles. The minimum absolute atomic E-state index is 0.0545. The molecular formula is C15H21N5O4S. The van der Waals surface area contributed by atoms with E-state index < -0.39 is 10.0 Å². The number of aryl methyl sites for hydroxylation is 2. The van der Waals surface area contributed by atoms with Crippen molar-refractivity contribution in [3.05, 3.63) is 39.7 Å². The second kappa shape index (κ2) is 6.70. The van der Waals surface area contributed by atoms with E-state index in [0.717, 1.165) is 0 Å². The van der Waals surface area contributed by atoms with Crippen LogP contribution in [-0.2, 0) is 28.4 Å². The van der Waals surface area contributed by atoms with Crippen LogP contribution in [0.1, 0.15) is 36.0 Å². The van der Waals surface area contributed by atoms with Crippen LogP contribution in [0.2, 0.25) is 0 Å². The lowest BCUT2D eigenvalue weighted by Crippen LogP contribution is -2.44. The van der Waals surface area contributed by atoms with Gasteiger partial charge in [-0.05, 0) is 25.8 Å². The highest BCUT2D eigenvalue weighted by molar-refractivity contribution is 7.89. The Kier molecular flexibility index (Phi) is 4.76. The van der Waals surface area contributed by atoms with Gasteiger partial charge < -0.3 is 9.72 Å². The summed E-state index contributed by atoms with van der Waals surface area (Å²) >= 11 is 0. The zero-order chi connectivity index (χ0) is 18.2. The largest absolute Gasteiger partial charge is 0.377 e. The van der Waals surface area contributed by atoms with E-state index in [2.05, 4.69) is 19.8 Å². The number of ether oxygens (including phenoxy) is 1. The number of nitrogens with one attached hydrogen (secondary N) is 2. The molecule has 0 amide bonds. The fourth-order valence-corrected chi connectivity index (χ4v) is 4.48. The molecule has 136 valence electrons. The molecule has 0 radical (unpaired) electrons. The highest BCUT2D eigenvalue weighted by Gasteiger charge is 2.35. The van der Waals surface area contributed by atoms with Crippen molar-refractivity contribution in [1.82, 2.24) is 24.5 Å². The molecule has 0 bridgehead atoms. The van der Waals surface area contributed by atoms with Gasteiger partial charge in [-0.3, -0.25) is 9.48 Å². The zero-order valence-corrected chi connectivity index (χ0v) is 15.1. The van der Waals surface area contributed by atoms with Gasteiger partial charge in [-0.25, -0.2) is 18.1 Å². The van der Waals surface area contributed by atoms with Crippen LogP contribution in [0.15, 0.2) is 22.0 Å². The molecule has 2 heterocycles. The topological polar surface area (TPSA) is 119 Å². The highest BCUT2D eigenvalue weighted by Crippen LogP contribution is 2.36. The second-order valence-corrected chi connectivity index (χ2v) is 7.94. The number of H-pyrrole nitrogens is 1. The van der Waals surface area contributed by atoms with Crippen LogP contribution in [-0.4, -0.2) is 41.3 Å². The minimum atomic E-state index is -3.62. The van der Waals surface area contributed by atoms with E-state index >= 15 is 0 Å². The molecule has 0 aromatic carbocycles. The molecule has 9 nitrogen and oxygen atoms in total. The summed E-state index contributed by atoms with van der Waals surface area (Å²) in [6, 6.07) is 2.81. The van der Waals surface area contributed by atoms with Crippen LogP contribution in [0.3, 0.4) is 0 Å². The zero-order valence-electron chi connectivity index (χ0n) is 14.3. The Balaban J connectivity index is 1.67. The Labute approximate surface area is 145 Å². The maximum Gasteiger partial charge on any atom is 0.257 e. The van der Waals surface area contributed by atoms with Gasteiger partial charge in [0.15, 0.2) is 5.03 Å². The Morgan fingerprint density at radius 3 is 2.72 bits per heavy atom. The second-order valence-electron chi connectivity index (χ2n) is 6.28. The van der Waals surface area contributed by atoms with Crippen LogP contribution < -0.4 is 10.3 Å². The lowest BCUT2D eigenvalue weighted by molar-refractivity contribution is 0.176. The molecule has 1 saturated carbocycles. The minimum Gasteiger partial charge on any atom is -0.377 e. The molecule has 25 heavy (non-hydrogen) atoms. The van der Waals surface area contributed by atoms with E-state index in [1.54, 1.807) is 14.0 Å². The van der Waals surface area contributed by atoms with Crippen LogP contribution in [0.25, 0.3) is 0 Å². The van der Waals surface area contributed by atoms with Crippen LogP contribution in [0, 0.1) is 6.92 Å². The van der Waals surface area contributed by atoms with Gasteiger partial charge in [0.25, 0.3) is 15.6 Å². The van der Waals surface area contributed by atoms with Crippen LogP contribution in [0.5, 0.6) is 0 Å². The number of aromatic amines is 1. The Hall–Kier alpha value is -2.04. The third-order valence-electron chi connectivity index (χ3n) is 4.20. The summed E-state index contributed by atoms with van der Waals surface area (Å²) in [5.41, 5.74) is 1.09. The van der Waals surface area contributed by atoms with E-state index in [0.29, 0.717) is 30.1 Å². The summed E-state index contributed by atoms with van der Waals surface area (Å²) in [5.74, 6) is 0.526. The first-order valence-corrected chi connectivity index (χ1v) is 9.39. The fourth-order valence-electron chi connectivity index (χ4n) is 3.02. The molecule has 1 aliphatic carbocycles. The molecule has 3 rings (SSSR count). The third-order valence-corrected chi connectivity index (χ3v) is 5.78. The fraction of sp³-hybridized carbons (Fsp3) is 0.533. The van der Waals surface area contributed by atoms with Crippen molar-refractivity contribution in [2.75, 3.05) is 7.11 Å². The van der Waals surface area contributed by atoms with Gasteiger partial charge in [0.05, 0.1) is 11.4 Å². The summed E-state index contributed by atoms with van der Waals surface area (Å²) < 4.78 is 33.9. The highest BCUT2D eigenvalue weighted by atomic mass is 32.2. The predicted molar refractivity (Wildman–Crippen MR) is 89.6 cm³/mol. The molecule has 1 fully saturated rings. The average molecular weight is 367 g/mol. The maximum atomic E-state index is 12.4. The molecule has 2 N–H and O–H groups in total. The average Bonchev–Trinajstić information content (AvgIpc) is 2.82. The summed E-state index contributed by atoms with van der Waals surface area (Å²) in [6.07, 6.45) is 1.19. The Bertz CT molecular complexity index is 928. The van der Waals surface area contributed by atoms with Crippen molar-refractivity contribution in [1.29, 1.82) is 0 Å². The van der Waals surface area contributed by atoms with Crippen molar-refractivity contribution in [2.24, 2.45) is 7.05 Å². The summed E-state index contributed by atoms with van der Waals surface area (Å²) in [6.45, 7) is 1.97. The van der Waals surface area contributed by atoms with Gasteiger partial charge in [0, 0.05) is 32.2 Å². The first-order chi connectivity index (χ1) is 11.8. The number of nitrogens with zero attached hydrogens (tertiary/aromatic N) is 3. The lowest BCUT2D eigenvalue weighted by atomic mass is 9.78. The Morgan fingerprint density at radius 1 is 1.40 bits per heavy atom. The van der Waals surface area contributed by atoms with E-state index in [4.69, 9.17) is 4.74 Å². The van der Waals surface area contributed by atoms with Crippen molar-refractivity contribution in [3.63, 3.8) is 0 Å². The third kappa shape index (κ3) is 3.80. The molecule has 2 aromatic heterocycles. The van der Waals surface area contributed by atoms with Crippen LogP contribution >= 0.6 is 0 Å². The van der Waals surface area contributed by atoms with Gasteiger partial charge in [-0.1, -0.05) is 0 Å². The number of sulfonamides is 1. The Morgan fingerprint density at radius 2 is 2.12 bits per heavy atom. The van der Waals surface area contributed by atoms with Crippen molar-refractivity contribution in [2.45, 2.75) is 43.4 Å². The van der Waals surface area contributed by atoms with E-state index in [9.17, 15) is 13.2 Å². The number of rotatable bonds is 6. The van der Waals surface area contributed by atoms with Gasteiger partial charge in [0.1, 0.15) is 12.4 Å².